The van der Waals surface area contributed by atoms with E-state index in [9.17, 15) is 9.59 Å². The predicted octanol–water partition coefficient (Wildman–Crippen LogP) is 4.55. The van der Waals surface area contributed by atoms with Gasteiger partial charge in [-0.25, -0.2) is 4.79 Å². The van der Waals surface area contributed by atoms with E-state index in [-0.39, 0.29) is 30.6 Å². The first-order chi connectivity index (χ1) is 23.6. The maximum atomic E-state index is 14.5. The maximum Gasteiger partial charge on any atom is 0.329 e. The van der Waals surface area contributed by atoms with E-state index in [1.807, 2.05) is 36.4 Å². The average molecular weight is 660 g/mol. The summed E-state index contributed by atoms with van der Waals surface area (Å²) in [6.07, 6.45) is 6.58. The Balaban J connectivity index is 1.15. The largest absolute Gasteiger partial charge is 0.462 e. The van der Waals surface area contributed by atoms with Gasteiger partial charge in [0.2, 0.25) is 0 Å². The predicted molar refractivity (Wildman–Crippen MR) is 184 cm³/mol. The molecule has 0 spiro atoms. The number of hydrogen-bond acceptors (Lipinski definition) is 8. The molecule has 2 aromatic carbocycles. The summed E-state index contributed by atoms with van der Waals surface area (Å²) in [5.41, 5.74) is 5.05. The molecule has 258 valence electrons. The SMILES string of the molecule is CC[C@@]12C=C(C(=O)N[C@@H](Cc3ccccc3)C(=O)OCCOCCOCCOCCOC)n3c4c(c5ccccc53)CCN(CCC1)[C@H]42. The summed E-state index contributed by atoms with van der Waals surface area (Å²) >= 11 is 0. The van der Waals surface area contributed by atoms with E-state index in [4.69, 9.17) is 23.7 Å². The summed E-state index contributed by atoms with van der Waals surface area (Å²) in [6.45, 7) is 7.51. The van der Waals surface area contributed by atoms with Gasteiger partial charge in [0.1, 0.15) is 18.3 Å². The lowest BCUT2D eigenvalue weighted by Crippen LogP contribution is -2.52. The highest BCUT2D eigenvalue weighted by atomic mass is 16.6. The Bertz CT molecular complexity index is 1570. The third kappa shape index (κ3) is 7.38. The number of nitrogens with one attached hydrogen (secondary N) is 1. The molecule has 4 heterocycles. The van der Waals surface area contributed by atoms with Crippen LogP contribution in [0.1, 0.15) is 49.0 Å². The number of amides is 1. The molecule has 0 aliphatic carbocycles. The maximum absolute atomic E-state index is 14.5. The minimum absolute atomic E-state index is 0.0784. The van der Waals surface area contributed by atoms with Crippen LogP contribution in [0.5, 0.6) is 0 Å². The highest BCUT2D eigenvalue weighted by Gasteiger charge is 2.51. The van der Waals surface area contributed by atoms with E-state index in [2.05, 4.69) is 46.0 Å². The summed E-state index contributed by atoms with van der Waals surface area (Å²) in [5.74, 6) is -0.743. The van der Waals surface area contributed by atoms with Crippen molar-refractivity contribution in [1.82, 2.24) is 14.8 Å². The van der Waals surface area contributed by atoms with Gasteiger partial charge in [0.25, 0.3) is 5.91 Å². The van der Waals surface area contributed by atoms with Crippen LogP contribution >= 0.6 is 0 Å². The monoisotopic (exact) mass is 659 g/mol. The van der Waals surface area contributed by atoms with Crippen molar-refractivity contribution in [2.24, 2.45) is 5.41 Å². The Hall–Kier alpha value is -3.54. The van der Waals surface area contributed by atoms with E-state index < -0.39 is 12.0 Å². The number of carbonyl (C=O) groups is 2. The molecule has 3 atom stereocenters. The van der Waals surface area contributed by atoms with Crippen LogP contribution in [0.3, 0.4) is 0 Å². The molecule has 1 fully saturated rings. The topological polar surface area (TPSA) is 100 Å². The minimum atomic E-state index is -0.863. The highest BCUT2D eigenvalue weighted by Crippen LogP contribution is 2.57. The molecule has 0 bridgehead atoms. The van der Waals surface area contributed by atoms with E-state index in [1.54, 1.807) is 7.11 Å². The zero-order chi connectivity index (χ0) is 33.3. The van der Waals surface area contributed by atoms with Crippen molar-refractivity contribution in [2.45, 2.75) is 51.1 Å². The van der Waals surface area contributed by atoms with Crippen molar-refractivity contribution in [3.63, 3.8) is 0 Å². The Labute approximate surface area is 283 Å². The number of piperidine rings is 1. The number of benzene rings is 2. The number of fused-ring (bicyclic) bond motifs is 3. The molecule has 3 aliphatic rings. The fraction of sp³-hybridized carbons (Fsp3) is 0.526. The van der Waals surface area contributed by atoms with Gasteiger partial charge in [-0.05, 0) is 55.5 Å². The molecule has 0 saturated carbocycles. The van der Waals surface area contributed by atoms with Crippen molar-refractivity contribution in [1.29, 1.82) is 0 Å². The van der Waals surface area contributed by atoms with Gasteiger partial charge in [-0.15, -0.1) is 0 Å². The second kappa shape index (κ2) is 16.2. The van der Waals surface area contributed by atoms with E-state index in [0.29, 0.717) is 51.8 Å². The van der Waals surface area contributed by atoms with Crippen LogP contribution in [-0.4, -0.2) is 100 Å². The minimum Gasteiger partial charge on any atom is -0.462 e. The molecule has 0 radical (unpaired) electrons. The lowest BCUT2D eigenvalue weighted by atomic mass is 9.66. The number of rotatable bonds is 18. The normalized spacial score (nSPS) is 20.6. The number of methoxy groups -OCH3 is 1. The van der Waals surface area contributed by atoms with Gasteiger partial charge < -0.3 is 33.6 Å². The lowest BCUT2D eigenvalue weighted by Gasteiger charge is -2.53. The van der Waals surface area contributed by atoms with E-state index in [0.717, 1.165) is 49.9 Å². The van der Waals surface area contributed by atoms with Gasteiger partial charge in [0.05, 0.1) is 57.8 Å². The molecule has 10 nitrogen and oxygen atoms in total. The van der Waals surface area contributed by atoms with Crippen molar-refractivity contribution >= 4 is 28.5 Å². The smallest absolute Gasteiger partial charge is 0.329 e. The summed E-state index contributed by atoms with van der Waals surface area (Å²) in [4.78, 5) is 30.6. The standard InChI is InChI=1S/C38H49N3O7/c1-3-38-15-9-16-40-17-14-30-29-12-7-8-13-32(29)41(34(30)35(38)40)33(27-38)36(42)39-31(26-28-10-5-4-6-11-28)37(43)48-25-24-47-23-22-46-21-20-45-19-18-44-2/h4-8,10-13,27,31,35H,3,9,14-26H2,1-2H3,(H,39,42)/t31-,35+,38-/m0/s1. The number of esters is 1. The summed E-state index contributed by atoms with van der Waals surface area (Å²) in [7, 11) is 1.64. The van der Waals surface area contributed by atoms with Gasteiger partial charge in [0.15, 0.2) is 0 Å². The van der Waals surface area contributed by atoms with Crippen molar-refractivity contribution in [2.75, 3.05) is 73.1 Å². The van der Waals surface area contributed by atoms with Crippen LogP contribution < -0.4 is 5.32 Å². The zero-order valence-corrected chi connectivity index (χ0v) is 28.3. The molecule has 1 amide bonds. The van der Waals surface area contributed by atoms with Gasteiger partial charge in [-0.2, -0.15) is 0 Å². The van der Waals surface area contributed by atoms with Crippen LogP contribution in [0, 0.1) is 5.41 Å². The van der Waals surface area contributed by atoms with E-state index in [1.165, 1.54) is 16.6 Å². The highest BCUT2D eigenvalue weighted by molar-refractivity contribution is 6.17. The lowest BCUT2D eigenvalue weighted by molar-refractivity contribution is -0.149. The quantitative estimate of drug-likeness (QED) is 0.157. The number of aromatic nitrogens is 1. The second-order valence-electron chi connectivity index (χ2n) is 12.8. The van der Waals surface area contributed by atoms with Crippen LogP contribution in [-0.2, 0) is 46.1 Å². The van der Waals surface area contributed by atoms with Crippen molar-refractivity contribution in [3.05, 3.63) is 77.5 Å². The van der Waals surface area contributed by atoms with Crippen LogP contribution in [0.2, 0.25) is 0 Å². The van der Waals surface area contributed by atoms with Crippen molar-refractivity contribution < 1.29 is 33.3 Å². The second-order valence-corrected chi connectivity index (χ2v) is 12.8. The molecular weight excluding hydrogens is 610 g/mol. The third-order valence-corrected chi connectivity index (χ3v) is 10.0. The molecule has 1 N–H and O–H groups in total. The molecule has 3 aromatic rings. The average Bonchev–Trinajstić information content (AvgIpc) is 3.46. The molecule has 6 rings (SSSR count). The number of hydrogen-bond donors (Lipinski definition) is 1. The van der Waals surface area contributed by atoms with Gasteiger partial charge in [0, 0.05) is 36.6 Å². The number of nitrogens with zero attached hydrogens (tertiary/aromatic N) is 2. The first kappa shape index (κ1) is 34.3. The van der Waals surface area contributed by atoms with Crippen LogP contribution in [0.4, 0.5) is 0 Å². The number of para-hydroxylation sites is 1. The molecule has 3 aliphatic heterocycles. The zero-order valence-electron chi connectivity index (χ0n) is 28.3. The van der Waals surface area contributed by atoms with Crippen molar-refractivity contribution in [3.8, 4) is 0 Å². The number of ether oxygens (including phenoxy) is 5. The fourth-order valence-corrected chi connectivity index (χ4v) is 7.71. The Morgan fingerprint density at radius 3 is 2.31 bits per heavy atom. The van der Waals surface area contributed by atoms with Gasteiger partial charge in [-0.3, -0.25) is 9.69 Å². The first-order valence-electron chi connectivity index (χ1n) is 17.4. The number of carbonyl (C=O) groups excluding carboxylic acids is 2. The van der Waals surface area contributed by atoms with Crippen LogP contribution in [0.15, 0.2) is 60.7 Å². The Morgan fingerprint density at radius 2 is 1.58 bits per heavy atom. The Kier molecular flexibility index (Phi) is 11.6. The molecule has 48 heavy (non-hydrogen) atoms. The molecular formula is C38H49N3O7. The first-order valence-corrected chi connectivity index (χ1v) is 17.4. The molecule has 0 unspecified atom stereocenters. The Morgan fingerprint density at radius 1 is 0.896 bits per heavy atom. The van der Waals surface area contributed by atoms with Gasteiger partial charge >= 0.3 is 5.97 Å². The summed E-state index contributed by atoms with van der Waals surface area (Å²) in [6, 6.07) is 17.5. The molecule has 10 heteroatoms. The third-order valence-electron chi connectivity index (χ3n) is 10.0. The van der Waals surface area contributed by atoms with Crippen LogP contribution in [0.25, 0.3) is 16.6 Å². The molecule has 1 aromatic heterocycles. The summed E-state index contributed by atoms with van der Waals surface area (Å²) < 4.78 is 29.3. The molecule has 1 saturated heterocycles. The van der Waals surface area contributed by atoms with E-state index >= 15 is 0 Å². The fourth-order valence-electron chi connectivity index (χ4n) is 7.71. The summed E-state index contributed by atoms with van der Waals surface area (Å²) in [5, 5.41) is 4.33. The van der Waals surface area contributed by atoms with Gasteiger partial charge in [-0.1, -0.05) is 55.5 Å².